The minimum atomic E-state index is -3.03. The van der Waals surface area contributed by atoms with Crippen molar-refractivity contribution in [2.24, 2.45) is 5.92 Å². The Bertz CT molecular complexity index is 1800. The van der Waals surface area contributed by atoms with Gasteiger partial charge in [-0.1, -0.05) is 30.9 Å². The number of pyridine rings is 1. The maximum Gasteiger partial charge on any atom is 0.223 e. The first kappa shape index (κ1) is 27.9. The minimum Gasteiger partial charge on any atom is -0.473 e. The molecule has 1 aliphatic heterocycles. The molecule has 42 heavy (non-hydrogen) atoms. The number of hydrogen-bond donors (Lipinski definition) is 1. The van der Waals surface area contributed by atoms with E-state index in [1.165, 1.54) is 6.26 Å². The molecular formula is C31H35N7O3S. The highest BCUT2D eigenvalue weighted by atomic mass is 32.2. The van der Waals surface area contributed by atoms with Gasteiger partial charge in [0.05, 0.1) is 18.0 Å². The van der Waals surface area contributed by atoms with E-state index in [0.29, 0.717) is 42.5 Å². The van der Waals surface area contributed by atoms with Gasteiger partial charge in [0.1, 0.15) is 33.6 Å². The molecule has 0 radical (unpaired) electrons. The van der Waals surface area contributed by atoms with E-state index in [1.807, 2.05) is 23.9 Å². The largest absolute Gasteiger partial charge is 0.473 e. The van der Waals surface area contributed by atoms with Crippen molar-refractivity contribution in [3.8, 4) is 17.3 Å². The Morgan fingerprint density at radius 1 is 1.17 bits per heavy atom. The third-order valence-corrected chi connectivity index (χ3v) is 8.94. The second-order valence-corrected chi connectivity index (χ2v) is 13.5. The van der Waals surface area contributed by atoms with Crippen molar-refractivity contribution in [3.05, 3.63) is 67.7 Å². The van der Waals surface area contributed by atoms with Gasteiger partial charge in [0, 0.05) is 48.2 Å². The maximum atomic E-state index is 11.9. The number of hydrogen-bond acceptors (Lipinski definition) is 9. The SMILES string of the molecule is C=CCOc1c(-c2nccc(Nc3cc4c(C(=C)C)ccc(N5C[C@H](CS(C)(=O)=O)[C@H]5C)c4cn3)n2)cnn1C1CC1. The van der Waals surface area contributed by atoms with Crippen LogP contribution in [0.15, 0.2) is 62.1 Å². The molecule has 0 bridgehead atoms. The van der Waals surface area contributed by atoms with Crippen LogP contribution in [0.1, 0.15) is 38.3 Å². The van der Waals surface area contributed by atoms with Crippen LogP contribution in [0.5, 0.6) is 5.88 Å². The van der Waals surface area contributed by atoms with Crippen molar-refractivity contribution in [2.45, 2.75) is 38.8 Å². The first-order valence-electron chi connectivity index (χ1n) is 14.1. The summed E-state index contributed by atoms with van der Waals surface area (Å²) in [6, 6.07) is 8.42. The summed E-state index contributed by atoms with van der Waals surface area (Å²) in [5.74, 6) is 2.69. The third-order valence-electron chi connectivity index (χ3n) is 7.90. The standard InChI is InChI=1S/C31H35N7O3S/c1-6-13-41-31-26(16-34-38(31)22-7-8-22)30-32-12-11-28(36-30)35-29-14-24-23(19(2)3)9-10-27(25(24)15-33-29)37-17-21(20(37)4)18-42(5,39)40/h6,9-12,14-16,20-22H,1-2,7-8,13,17-18H2,3-5H3,(H,32,33,35,36)/t20-,21-/m1/s1. The highest BCUT2D eigenvalue weighted by Gasteiger charge is 2.38. The van der Waals surface area contributed by atoms with E-state index >= 15 is 0 Å². The van der Waals surface area contributed by atoms with Gasteiger partial charge in [-0.15, -0.1) is 0 Å². The van der Waals surface area contributed by atoms with Gasteiger partial charge in [-0.25, -0.2) is 28.1 Å². The van der Waals surface area contributed by atoms with E-state index in [2.05, 4.69) is 52.5 Å². The van der Waals surface area contributed by atoms with Gasteiger partial charge in [0.15, 0.2) is 5.82 Å². The Labute approximate surface area is 246 Å². The third kappa shape index (κ3) is 5.48. The van der Waals surface area contributed by atoms with Crippen LogP contribution in [0.2, 0.25) is 0 Å². The second kappa shape index (κ2) is 10.9. The lowest BCUT2D eigenvalue weighted by molar-refractivity contribution is 0.321. The summed E-state index contributed by atoms with van der Waals surface area (Å²) in [5, 5.41) is 9.89. The number of nitrogens with zero attached hydrogens (tertiary/aromatic N) is 6. The zero-order chi connectivity index (χ0) is 29.6. The molecule has 1 aromatic carbocycles. The molecule has 218 valence electrons. The predicted molar refractivity (Wildman–Crippen MR) is 167 cm³/mol. The summed E-state index contributed by atoms with van der Waals surface area (Å²) in [5.41, 5.74) is 3.74. The summed E-state index contributed by atoms with van der Waals surface area (Å²) >= 11 is 0. The van der Waals surface area contributed by atoms with E-state index in [4.69, 9.17) is 14.7 Å². The minimum absolute atomic E-state index is 0.107. The first-order chi connectivity index (χ1) is 20.1. The fraction of sp³-hybridized carbons (Fsp3) is 0.355. The molecular weight excluding hydrogens is 550 g/mol. The number of aromatic nitrogens is 5. The van der Waals surface area contributed by atoms with Gasteiger partial charge in [-0.05, 0) is 55.8 Å². The van der Waals surface area contributed by atoms with Gasteiger partial charge >= 0.3 is 0 Å². The Kier molecular flexibility index (Phi) is 7.22. The lowest BCUT2D eigenvalue weighted by atomic mass is 9.89. The Morgan fingerprint density at radius 2 is 1.98 bits per heavy atom. The van der Waals surface area contributed by atoms with Crippen molar-refractivity contribution in [1.29, 1.82) is 0 Å². The lowest BCUT2D eigenvalue weighted by Gasteiger charge is -2.48. The zero-order valence-corrected chi connectivity index (χ0v) is 24.9. The molecule has 1 saturated heterocycles. The van der Waals surface area contributed by atoms with E-state index in [0.717, 1.165) is 46.0 Å². The van der Waals surface area contributed by atoms with E-state index in [1.54, 1.807) is 24.5 Å². The van der Waals surface area contributed by atoms with Crippen LogP contribution >= 0.6 is 0 Å². The molecule has 0 spiro atoms. The van der Waals surface area contributed by atoms with Crippen molar-refractivity contribution >= 4 is 43.5 Å². The average Bonchev–Trinajstić information content (AvgIpc) is 3.71. The highest BCUT2D eigenvalue weighted by Crippen LogP contribution is 2.41. The molecule has 2 fully saturated rings. The molecule has 0 unspecified atom stereocenters. The molecule has 0 amide bonds. The number of ether oxygens (including phenoxy) is 1. The number of nitrogens with one attached hydrogen (secondary N) is 1. The molecule has 1 N–H and O–H groups in total. The Morgan fingerprint density at radius 3 is 2.67 bits per heavy atom. The molecule has 2 atom stereocenters. The summed E-state index contributed by atoms with van der Waals surface area (Å²) in [6.45, 7) is 13.1. The summed E-state index contributed by atoms with van der Waals surface area (Å²) in [7, 11) is -3.03. The van der Waals surface area contributed by atoms with E-state index in [9.17, 15) is 8.42 Å². The fourth-order valence-electron chi connectivity index (χ4n) is 5.56. The van der Waals surface area contributed by atoms with Gasteiger partial charge in [0.2, 0.25) is 5.88 Å². The predicted octanol–water partition coefficient (Wildman–Crippen LogP) is 5.43. The number of allylic oxidation sites excluding steroid dienone is 1. The van der Waals surface area contributed by atoms with Crippen LogP contribution in [0.25, 0.3) is 27.7 Å². The van der Waals surface area contributed by atoms with Gasteiger partial charge in [-0.3, -0.25) is 0 Å². The fourth-order valence-corrected chi connectivity index (χ4v) is 6.72. The zero-order valence-electron chi connectivity index (χ0n) is 24.1. The highest BCUT2D eigenvalue weighted by molar-refractivity contribution is 7.90. The number of rotatable bonds is 11. The number of benzene rings is 1. The summed E-state index contributed by atoms with van der Waals surface area (Å²) in [6.07, 6.45) is 10.5. The first-order valence-corrected chi connectivity index (χ1v) is 16.1. The molecule has 2 aliphatic rings. The normalized spacial score (nSPS) is 18.5. The molecule has 6 rings (SSSR count). The number of anilines is 3. The van der Waals surface area contributed by atoms with E-state index in [-0.39, 0.29) is 17.7 Å². The number of fused-ring (bicyclic) bond motifs is 1. The second-order valence-electron chi connectivity index (χ2n) is 11.3. The molecule has 4 aromatic rings. The van der Waals surface area contributed by atoms with Gasteiger partial charge in [-0.2, -0.15) is 5.10 Å². The molecule has 3 aromatic heterocycles. The van der Waals surface area contributed by atoms with Crippen molar-refractivity contribution in [3.63, 3.8) is 0 Å². The average molecular weight is 586 g/mol. The van der Waals surface area contributed by atoms with Crippen LogP contribution in [0.4, 0.5) is 17.3 Å². The van der Waals surface area contributed by atoms with Crippen LogP contribution in [-0.2, 0) is 9.84 Å². The summed E-state index contributed by atoms with van der Waals surface area (Å²) < 4.78 is 31.6. The smallest absolute Gasteiger partial charge is 0.223 e. The number of sulfone groups is 1. The monoisotopic (exact) mass is 585 g/mol. The Balaban J connectivity index is 1.30. The lowest BCUT2D eigenvalue weighted by Crippen LogP contribution is -2.57. The maximum absolute atomic E-state index is 11.9. The topological polar surface area (TPSA) is 115 Å². The summed E-state index contributed by atoms with van der Waals surface area (Å²) in [4.78, 5) is 16.2. The van der Waals surface area contributed by atoms with Gasteiger partial charge < -0.3 is 15.0 Å². The van der Waals surface area contributed by atoms with Crippen LogP contribution in [-0.4, -0.2) is 64.4 Å². The van der Waals surface area contributed by atoms with Crippen molar-refractivity contribution in [1.82, 2.24) is 24.7 Å². The van der Waals surface area contributed by atoms with Crippen LogP contribution in [0.3, 0.4) is 0 Å². The van der Waals surface area contributed by atoms with Crippen LogP contribution < -0.4 is 15.0 Å². The van der Waals surface area contributed by atoms with Crippen LogP contribution in [0, 0.1) is 5.92 Å². The molecule has 4 heterocycles. The molecule has 1 aliphatic carbocycles. The van der Waals surface area contributed by atoms with Gasteiger partial charge in [0.25, 0.3) is 0 Å². The Hall–Kier alpha value is -4.25. The van der Waals surface area contributed by atoms with Crippen molar-refractivity contribution < 1.29 is 13.2 Å². The van der Waals surface area contributed by atoms with Crippen molar-refractivity contribution in [2.75, 3.05) is 35.4 Å². The molecule has 1 saturated carbocycles. The molecule has 11 heteroatoms. The quantitative estimate of drug-likeness (QED) is 0.230. The molecule has 10 nitrogen and oxygen atoms in total. The van der Waals surface area contributed by atoms with E-state index < -0.39 is 9.84 Å².